The van der Waals surface area contributed by atoms with E-state index in [-0.39, 0.29) is 12.1 Å². The van der Waals surface area contributed by atoms with E-state index in [1.165, 1.54) is 4.57 Å². The molecule has 4 N–H and O–H groups in total. The number of aromatic amines is 1. The summed E-state index contributed by atoms with van der Waals surface area (Å²) in [5.74, 6) is -1.36. The number of carboxylic acids is 1. The Balaban J connectivity index is 2.54. The maximum atomic E-state index is 11.6. The van der Waals surface area contributed by atoms with Gasteiger partial charge in [-0.25, -0.2) is 9.59 Å². The molecule has 7 heteroatoms. The number of rotatable bonds is 2. The van der Waals surface area contributed by atoms with Crippen molar-refractivity contribution in [1.82, 2.24) is 9.55 Å². The van der Waals surface area contributed by atoms with Crippen LogP contribution in [0.2, 0.25) is 0 Å². The van der Waals surface area contributed by atoms with E-state index in [2.05, 4.69) is 0 Å². The Kier molecular flexibility index (Phi) is 2.84. The number of nitrogens with two attached hydrogens (primary N) is 1. The molecule has 1 saturated carbocycles. The minimum absolute atomic E-state index is 0.180. The number of aromatic nitrogens is 2. The molecule has 0 aromatic carbocycles. The average molecular weight is 239 g/mol. The van der Waals surface area contributed by atoms with Gasteiger partial charge in [-0.1, -0.05) is 0 Å². The van der Waals surface area contributed by atoms with Gasteiger partial charge >= 0.3 is 11.7 Å². The van der Waals surface area contributed by atoms with Crippen LogP contribution in [-0.4, -0.2) is 26.7 Å². The Morgan fingerprint density at radius 3 is 2.71 bits per heavy atom. The van der Waals surface area contributed by atoms with Gasteiger partial charge in [0.05, 0.1) is 6.04 Å². The number of hydrogen-bond acceptors (Lipinski definition) is 4. The highest BCUT2D eigenvalue weighted by atomic mass is 16.4. The Morgan fingerprint density at radius 1 is 1.47 bits per heavy atom. The van der Waals surface area contributed by atoms with E-state index in [1.807, 2.05) is 4.98 Å². The van der Waals surface area contributed by atoms with Crippen LogP contribution in [0.5, 0.6) is 0 Å². The summed E-state index contributed by atoms with van der Waals surface area (Å²) in [6.07, 6.45) is 3.48. The molecule has 2 atom stereocenters. The van der Waals surface area contributed by atoms with Crippen LogP contribution in [0.3, 0.4) is 0 Å². The standard InChI is InChI=1S/C10H13N3O4/c11-6-2-1-3-7(6)13-4-5(9(15)16)8(14)12-10(13)17/h4,6-7H,1-3,11H2,(H,15,16)(H,12,14,17)/t6-,7-/m0/s1. The summed E-state index contributed by atoms with van der Waals surface area (Å²) in [6, 6.07) is -0.419. The van der Waals surface area contributed by atoms with Gasteiger partial charge in [0.15, 0.2) is 0 Å². The molecular formula is C10H13N3O4. The van der Waals surface area contributed by atoms with Crippen molar-refractivity contribution in [2.45, 2.75) is 31.3 Å². The summed E-state index contributed by atoms with van der Waals surface area (Å²) in [4.78, 5) is 35.7. The summed E-state index contributed by atoms with van der Waals surface area (Å²) in [7, 11) is 0. The number of carboxylic acid groups (broad SMARTS) is 1. The van der Waals surface area contributed by atoms with Gasteiger partial charge in [-0.3, -0.25) is 14.3 Å². The average Bonchev–Trinajstić information content (AvgIpc) is 2.64. The lowest BCUT2D eigenvalue weighted by atomic mass is 10.2. The molecule has 0 amide bonds. The third-order valence-electron chi connectivity index (χ3n) is 3.09. The monoisotopic (exact) mass is 239 g/mol. The zero-order valence-corrected chi connectivity index (χ0v) is 9.05. The van der Waals surface area contributed by atoms with Crippen molar-refractivity contribution in [3.63, 3.8) is 0 Å². The molecule has 1 aliphatic carbocycles. The molecule has 0 spiro atoms. The Hall–Kier alpha value is -1.89. The van der Waals surface area contributed by atoms with E-state index in [4.69, 9.17) is 10.8 Å². The molecule has 0 radical (unpaired) electrons. The van der Waals surface area contributed by atoms with Gasteiger partial charge in [0.2, 0.25) is 0 Å². The first-order valence-electron chi connectivity index (χ1n) is 5.35. The number of hydrogen-bond donors (Lipinski definition) is 3. The zero-order chi connectivity index (χ0) is 12.6. The summed E-state index contributed by atoms with van der Waals surface area (Å²) >= 11 is 0. The van der Waals surface area contributed by atoms with Crippen molar-refractivity contribution in [2.75, 3.05) is 0 Å². The minimum Gasteiger partial charge on any atom is -0.477 e. The lowest BCUT2D eigenvalue weighted by Crippen LogP contribution is -2.39. The molecule has 1 aromatic rings. The Bertz CT molecular complexity index is 559. The van der Waals surface area contributed by atoms with Crippen molar-refractivity contribution in [2.24, 2.45) is 5.73 Å². The van der Waals surface area contributed by atoms with Gasteiger partial charge in [-0.15, -0.1) is 0 Å². The van der Waals surface area contributed by atoms with Gasteiger partial charge in [0.25, 0.3) is 5.56 Å². The highest BCUT2D eigenvalue weighted by Crippen LogP contribution is 2.27. The van der Waals surface area contributed by atoms with E-state index in [1.54, 1.807) is 0 Å². The van der Waals surface area contributed by atoms with Crippen LogP contribution in [0, 0.1) is 0 Å². The predicted octanol–water partition coefficient (Wildman–Crippen LogP) is -0.713. The fourth-order valence-electron chi connectivity index (χ4n) is 2.20. The number of aromatic carboxylic acids is 1. The molecule has 1 aliphatic rings. The normalized spacial score (nSPS) is 23.8. The van der Waals surface area contributed by atoms with Crippen LogP contribution in [0.25, 0.3) is 0 Å². The quantitative estimate of drug-likeness (QED) is 0.629. The molecule has 7 nitrogen and oxygen atoms in total. The second-order valence-corrected chi connectivity index (χ2v) is 4.18. The van der Waals surface area contributed by atoms with E-state index >= 15 is 0 Å². The van der Waals surface area contributed by atoms with Crippen LogP contribution in [0.4, 0.5) is 0 Å². The summed E-state index contributed by atoms with van der Waals surface area (Å²) in [5.41, 5.74) is 3.91. The number of nitrogens with one attached hydrogen (secondary N) is 1. The molecule has 0 saturated heterocycles. The van der Waals surface area contributed by atoms with Crippen molar-refractivity contribution < 1.29 is 9.90 Å². The van der Waals surface area contributed by atoms with Crippen LogP contribution in [0.1, 0.15) is 35.7 Å². The van der Waals surface area contributed by atoms with Gasteiger partial charge < -0.3 is 10.8 Å². The van der Waals surface area contributed by atoms with E-state index < -0.39 is 22.8 Å². The lowest BCUT2D eigenvalue weighted by molar-refractivity contribution is 0.0693. The molecule has 17 heavy (non-hydrogen) atoms. The SMILES string of the molecule is N[C@H]1CCC[C@@H]1n1cc(C(=O)O)c(=O)[nH]c1=O. The zero-order valence-electron chi connectivity index (χ0n) is 9.05. The van der Waals surface area contributed by atoms with E-state index in [0.29, 0.717) is 6.42 Å². The number of nitrogens with zero attached hydrogens (tertiary/aromatic N) is 1. The third kappa shape index (κ3) is 2.01. The van der Waals surface area contributed by atoms with Crippen LogP contribution in [-0.2, 0) is 0 Å². The smallest absolute Gasteiger partial charge is 0.342 e. The molecule has 0 bridgehead atoms. The summed E-state index contributed by atoms with van der Waals surface area (Å²) < 4.78 is 1.22. The third-order valence-corrected chi connectivity index (χ3v) is 3.09. The maximum absolute atomic E-state index is 11.6. The van der Waals surface area contributed by atoms with Gasteiger partial charge in [-0.2, -0.15) is 0 Å². The first kappa shape index (κ1) is 11.6. The predicted molar refractivity (Wildman–Crippen MR) is 59.1 cm³/mol. The largest absolute Gasteiger partial charge is 0.477 e. The van der Waals surface area contributed by atoms with Crippen molar-refractivity contribution >= 4 is 5.97 Å². The molecule has 0 aliphatic heterocycles. The van der Waals surface area contributed by atoms with Crippen molar-refractivity contribution in [3.8, 4) is 0 Å². The minimum atomic E-state index is -1.36. The van der Waals surface area contributed by atoms with Crippen LogP contribution in [0.15, 0.2) is 15.8 Å². The van der Waals surface area contributed by atoms with Crippen LogP contribution < -0.4 is 17.0 Å². The maximum Gasteiger partial charge on any atom is 0.342 e. The summed E-state index contributed by atoms with van der Waals surface area (Å²) in [5, 5.41) is 8.82. The highest BCUT2D eigenvalue weighted by molar-refractivity contribution is 5.86. The Morgan fingerprint density at radius 2 is 2.18 bits per heavy atom. The van der Waals surface area contributed by atoms with Crippen molar-refractivity contribution in [1.29, 1.82) is 0 Å². The lowest BCUT2D eigenvalue weighted by Gasteiger charge is -2.18. The van der Waals surface area contributed by atoms with E-state index in [9.17, 15) is 14.4 Å². The molecule has 1 fully saturated rings. The first-order chi connectivity index (χ1) is 8.00. The molecule has 92 valence electrons. The van der Waals surface area contributed by atoms with Crippen LogP contribution >= 0.6 is 0 Å². The summed E-state index contributed by atoms with van der Waals surface area (Å²) in [6.45, 7) is 0. The number of carbonyl (C=O) groups is 1. The van der Waals surface area contributed by atoms with E-state index in [0.717, 1.165) is 19.0 Å². The molecule has 0 unspecified atom stereocenters. The second-order valence-electron chi connectivity index (χ2n) is 4.18. The Labute approximate surface area is 95.9 Å². The molecule has 1 heterocycles. The fourth-order valence-corrected chi connectivity index (χ4v) is 2.20. The van der Waals surface area contributed by atoms with Gasteiger partial charge in [-0.05, 0) is 19.3 Å². The molecule has 2 rings (SSSR count). The highest BCUT2D eigenvalue weighted by Gasteiger charge is 2.27. The van der Waals surface area contributed by atoms with Crippen molar-refractivity contribution in [3.05, 3.63) is 32.6 Å². The second kappa shape index (κ2) is 4.17. The fraction of sp³-hybridized carbons (Fsp3) is 0.500. The molecular weight excluding hydrogens is 226 g/mol. The van der Waals surface area contributed by atoms with Gasteiger partial charge in [0.1, 0.15) is 5.56 Å². The topological polar surface area (TPSA) is 118 Å². The number of H-pyrrole nitrogens is 1. The van der Waals surface area contributed by atoms with Gasteiger partial charge in [0, 0.05) is 12.2 Å². The molecule has 1 aromatic heterocycles. The first-order valence-corrected chi connectivity index (χ1v) is 5.35.